The predicted octanol–water partition coefficient (Wildman–Crippen LogP) is 3.15. The van der Waals surface area contributed by atoms with Gasteiger partial charge >= 0.3 is 0 Å². The smallest absolute Gasteiger partial charge is 0.270 e. The fraction of sp³-hybridized carbons (Fsp3) is 0.0769. The van der Waals surface area contributed by atoms with Gasteiger partial charge in [-0.15, -0.1) is 0 Å². The van der Waals surface area contributed by atoms with E-state index in [1.807, 2.05) is 31.2 Å². The summed E-state index contributed by atoms with van der Waals surface area (Å²) in [5.41, 5.74) is 9.27. The maximum Gasteiger partial charge on any atom is 0.270 e. The van der Waals surface area contributed by atoms with E-state index in [1.165, 1.54) is 6.07 Å². The number of non-ortho nitro benzene ring substituents is 1. The van der Waals surface area contributed by atoms with Crippen molar-refractivity contribution in [1.82, 2.24) is 0 Å². The second-order valence-electron chi connectivity index (χ2n) is 3.88. The lowest BCUT2D eigenvalue weighted by Gasteiger charge is -2.05. The molecule has 0 saturated heterocycles. The Bertz CT molecular complexity index is 579. The van der Waals surface area contributed by atoms with Gasteiger partial charge in [0.1, 0.15) is 0 Å². The maximum atomic E-state index is 10.7. The molecule has 0 atom stereocenters. The minimum atomic E-state index is -0.395. The highest BCUT2D eigenvalue weighted by Crippen LogP contribution is 2.26. The number of aryl methyl sites for hydroxylation is 1. The van der Waals surface area contributed by atoms with Crippen LogP contribution in [0.3, 0.4) is 0 Å². The molecule has 2 aromatic carbocycles. The van der Waals surface area contributed by atoms with E-state index in [0.717, 1.165) is 22.4 Å². The summed E-state index contributed by atoms with van der Waals surface area (Å²) in [5, 5.41) is 10.7. The average Bonchev–Trinajstić information content (AvgIpc) is 2.33. The van der Waals surface area contributed by atoms with E-state index in [-0.39, 0.29) is 5.69 Å². The number of hydrogen-bond donors (Lipinski definition) is 1. The Balaban J connectivity index is 2.49. The van der Waals surface area contributed by atoms with Crippen LogP contribution in [-0.2, 0) is 0 Å². The molecular weight excluding hydrogens is 216 g/mol. The molecule has 0 unspecified atom stereocenters. The fourth-order valence-electron chi connectivity index (χ4n) is 1.65. The topological polar surface area (TPSA) is 69.2 Å². The summed E-state index contributed by atoms with van der Waals surface area (Å²) in [6.07, 6.45) is 0. The van der Waals surface area contributed by atoms with Crippen LogP contribution in [0.4, 0.5) is 11.4 Å². The van der Waals surface area contributed by atoms with Crippen LogP contribution in [0.15, 0.2) is 42.5 Å². The van der Waals surface area contributed by atoms with Crippen molar-refractivity contribution in [3.8, 4) is 11.1 Å². The van der Waals surface area contributed by atoms with Crippen molar-refractivity contribution in [1.29, 1.82) is 0 Å². The third-order valence-electron chi connectivity index (χ3n) is 2.66. The molecule has 17 heavy (non-hydrogen) atoms. The molecule has 0 radical (unpaired) electrons. The molecule has 4 heteroatoms. The fourth-order valence-corrected chi connectivity index (χ4v) is 1.65. The van der Waals surface area contributed by atoms with Gasteiger partial charge in [0.15, 0.2) is 0 Å². The van der Waals surface area contributed by atoms with E-state index < -0.39 is 4.92 Å². The first-order valence-electron chi connectivity index (χ1n) is 5.19. The molecule has 0 amide bonds. The SMILES string of the molecule is Cc1cc(-c2cccc([N+](=O)[O-])c2)ccc1N. The number of anilines is 1. The van der Waals surface area contributed by atoms with Crippen LogP contribution in [-0.4, -0.2) is 4.92 Å². The van der Waals surface area contributed by atoms with Gasteiger partial charge in [-0.25, -0.2) is 0 Å². The molecule has 0 bridgehead atoms. The van der Waals surface area contributed by atoms with E-state index in [1.54, 1.807) is 12.1 Å². The summed E-state index contributed by atoms with van der Waals surface area (Å²) in [6, 6.07) is 12.2. The molecule has 0 heterocycles. The largest absolute Gasteiger partial charge is 0.399 e. The van der Waals surface area contributed by atoms with Crippen molar-refractivity contribution in [2.45, 2.75) is 6.92 Å². The van der Waals surface area contributed by atoms with Gasteiger partial charge in [0.2, 0.25) is 0 Å². The Morgan fingerprint density at radius 3 is 2.47 bits per heavy atom. The predicted molar refractivity (Wildman–Crippen MR) is 67.7 cm³/mol. The number of benzene rings is 2. The van der Waals surface area contributed by atoms with Gasteiger partial charge < -0.3 is 5.73 Å². The Morgan fingerprint density at radius 2 is 1.82 bits per heavy atom. The van der Waals surface area contributed by atoms with Crippen LogP contribution in [0, 0.1) is 17.0 Å². The van der Waals surface area contributed by atoms with E-state index >= 15 is 0 Å². The minimum Gasteiger partial charge on any atom is -0.399 e. The normalized spacial score (nSPS) is 10.2. The van der Waals surface area contributed by atoms with Crippen LogP contribution >= 0.6 is 0 Å². The number of nitrogens with zero attached hydrogens (tertiary/aromatic N) is 1. The van der Waals surface area contributed by atoms with Gasteiger partial charge in [0.05, 0.1) is 4.92 Å². The number of rotatable bonds is 2. The van der Waals surface area contributed by atoms with Gasteiger partial charge in [-0.05, 0) is 35.7 Å². The quantitative estimate of drug-likeness (QED) is 0.487. The summed E-state index contributed by atoms with van der Waals surface area (Å²) >= 11 is 0. The molecule has 0 aliphatic carbocycles. The molecule has 0 aliphatic heterocycles. The average molecular weight is 228 g/mol. The van der Waals surface area contributed by atoms with Gasteiger partial charge in [-0.2, -0.15) is 0 Å². The van der Waals surface area contributed by atoms with Gasteiger partial charge in [0.25, 0.3) is 5.69 Å². The Kier molecular flexibility index (Phi) is 2.78. The maximum absolute atomic E-state index is 10.7. The van der Waals surface area contributed by atoms with E-state index in [2.05, 4.69) is 0 Å². The first-order valence-corrected chi connectivity index (χ1v) is 5.19. The molecule has 4 nitrogen and oxygen atoms in total. The van der Waals surface area contributed by atoms with Gasteiger partial charge in [-0.3, -0.25) is 10.1 Å². The monoisotopic (exact) mass is 228 g/mol. The Morgan fingerprint density at radius 1 is 1.12 bits per heavy atom. The number of hydrogen-bond acceptors (Lipinski definition) is 3. The number of nitro groups is 1. The first kappa shape index (κ1) is 11.1. The highest BCUT2D eigenvalue weighted by atomic mass is 16.6. The number of nitrogens with two attached hydrogens (primary N) is 1. The summed E-state index contributed by atoms with van der Waals surface area (Å²) in [7, 11) is 0. The molecule has 0 aromatic heterocycles. The Hall–Kier alpha value is -2.36. The van der Waals surface area contributed by atoms with Gasteiger partial charge in [0, 0.05) is 17.8 Å². The lowest BCUT2D eigenvalue weighted by Crippen LogP contribution is -1.91. The molecule has 0 aliphatic rings. The summed E-state index contributed by atoms with van der Waals surface area (Å²) in [5.74, 6) is 0. The lowest BCUT2D eigenvalue weighted by molar-refractivity contribution is -0.384. The van der Waals surface area contributed by atoms with Crippen molar-refractivity contribution in [2.75, 3.05) is 5.73 Å². The zero-order valence-electron chi connectivity index (χ0n) is 9.38. The van der Waals surface area contributed by atoms with Gasteiger partial charge in [-0.1, -0.05) is 18.2 Å². The standard InChI is InChI=1S/C13H12N2O2/c1-9-7-11(5-6-13(9)14)10-3-2-4-12(8-10)15(16)17/h2-8H,14H2,1H3. The zero-order valence-corrected chi connectivity index (χ0v) is 9.38. The van der Waals surface area contributed by atoms with Crippen molar-refractivity contribution in [3.63, 3.8) is 0 Å². The molecule has 2 aromatic rings. The molecule has 0 saturated carbocycles. The minimum absolute atomic E-state index is 0.0944. The van der Waals surface area contributed by atoms with E-state index in [9.17, 15) is 10.1 Å². The van der Waals surface area contributed by atoms with Crippen molar-refractivity contribution in [2.24, 2.45) is 0 Å². The van der Waals surface area contributed by atoms with Crippen LogP contribution in [0.2, 0.25) is 0 Å². The van der Waals surface area contributed by atoms with Crippen LogP contribution < -0.4 is 5.73 Å². The Labute approximate surface area is 98.8 Å². The molecule has 0 fully saturated rings. The third-order valence-corrected chi connectivity index (χ3v) is 2.66. The second kappa shape index (κ2) is 4.25. The molecule has 2 N–H and O–H groups in total. The highest BCUT2D eigenvalue weighted by molar-refractivity contribution is 5.69. The van der Waals surface area contributed by atoms with Crippen LogP contribution in [0.25, 0.3) is 11.1 Å². The van der Waals surface area contributed by atoms with Crippen molar-refractivity contribution < 1.29 is 4.92 Å². The summed E-state index contributed by atoms with van der Waals surface area (Å²) < 4.78 is 0. The molecular formula is C13H12N2O2. The van der Waals surface area contributed by atoms with E-state index in [4.69, 9.17) is 5.73 Å². The highest BCUT2D eigenvalue weighted by Gasteiger charge is 2.07. The van der Waals surface area contributed by atoms with Crippen LogP contribution in [0.1, 0.15) is 5.56 Å². The van der Waals surface area contributed by atoms with E-state index in [0.29, 0.717) is 0 Å². The number of nitro benzene ring substituents is 1. The molecule has 86 valence electrons. The lowest BCUT2D eigenvalue weighted by atomic mass is 10.0. The molecule has 0 spiro atoms. The zero-order chi connectivity index (χ0) is 12.4. The van der Waals surface area contributed by atoms with Crippen molar-refractivity contribution in [3.05, 3.63) is 58.1 Å². The molecule has 2 rings (SSSR count). The van der Waals surface area contributed by atoms with Crippen LogP contribution in [0.5, 0.6) is 0 Å². The third kappa shape index (κ3) is 2.25. The summed E-state index contributed by atoms with van der Waals surface area (Å²) in [6.45, 7) is 1.91. The first-order chi connectivity index (χ1) is 8.08. The summed E-state index contributed by atoms with van der Waals surface area (Å²) in [4.78, 5) is 10.3. The number of nitrogen functional groups attached to an aromatic ring is 1. The second-order valence-corrected chi connectivity index (χ2v) is 3.88. The van der Waals surface area contributed by atoms with Crippen molar-refractivity contribution >= 4 is 11.4 Å².